The molecular formula is C30H26N6O2. The molecule has 0 aliphatic heterocycles. The maximum absolute atomic E-state index is 12.7. The maximum atomic E-state index is 12.7. The second kappa shape index (κ2) is 11.3. The monoisotopic (exact) mass is 502 g/mol. The van der Waals surface area contributed by atoms with Crippen LogP contribution >= 0.6 is 0 Å². The molecule has 2 N–H and O–H groups in total. The number of nitrogens with zero attached hydrogens (tertiary/aromatic N) is 4. The van der Waals surface area contributed by atoms with Crippen LogP contribution in [0.3, 0.4) is 0 Å². The van der Waals surface area contributed by atoms with E-state index in [1.165, 1.54) is 0 Å². The van der Waals surface area contributed by atoms with Crippen molar-refractivity contribution in [3.05, 3.63) is 120 Å². The fraction of sp³-hybridized carbons (Fsp3) is 0.100. The summed E-state index contributed by atoms with van der Waals surface area (Å²) in [5.74, 6) is 1.59. The van der Waals surface area contributed by atoms with Crippen LogP contribution in [0.1, 0.15) is 27.3 Å². The molecule has 1 aromatic carbocycles. The van der Waals surface area contributed by atoms with Gasteiger partial charge in [-0.15, -0.1) is 0 Å². The number of hydrogen-bond acceptors (Lipinski definition) is 7. The van der Waals surface area contributed by atoms with E-state index in [9.17, 15) is 4.79 Å². The number of carbonyl (C=O) groups is 1. The number of ether oxygens (including phenoxy) is 1. The highest BCUT2D eigenvalue weighted by Gasteiger charge is 2.14. The summed E-state index contributed by atoms with van der Waals surface area (Å²) >= 11 is 0. The summed E-state index contributed by atoms with van der Waals surface area (Å²) in [5, 5.41) is 6.15. The molecule has 0 fully saturated rings. The minimum absolute atomic E-state index is 0.186. The number of rotatable bonds is 8. The van der Waals surface area contributed by atoms with Crippen LogP contribution in [-0.4, -0.2) is 25.8 Å². The summed E-state index contributed by atoms with van der Waals surface area (Å²) < 4.78 is 6.26. The van der Waals surface area contributed by atoms with Gasteiger partial charge in [-0.1, -0.05) is 18.2 Å². The molecular weight excluding hydrogens is 476 g/mol. The van der Waals surface area contributed by atoms with Crippen LogP contribution in [0.2, 0.25) is 0 Å². The van der Waals surface area contributed by atoms with Crippen LogP contribution in [0.4, 0.5) is 11.5 Å². The first-order valence-electron chi connectivity index (χ1n) is 12.1. The quantitative estimate of drug-likeness (QED) is 0.268. The molecule has 0 saturated carbocycles. The number of anilines is 2. The van der Waals surface area contributed by atoms with Crippen LogP contribution in [0.15, 0.2) is 97.5 Å². The van der Waals surface area contributed by atoms with Crippen molar-refractivity contribution in [2.75, 3.05) is 5.32 Å². The molecule has 5 aromatic rings. The van der Waals surface area contributed by atoms with Gasteiger partial charge in [0.15, 0.2) is 5.75 Å². The van der Waals surface area contributed by atoms with Gasteiger partial charge in [-0.05, 0) is 74.0 Å². The van der Waals surface area contributed by atoms with Crippen LogP contribution in [-0.2, 0) is 6.54 Å². The minimum atomic E-state index is -0.186. The number of nitrogens with one attached hydrogen (secondary N) is 2. The molecule has 0 aliphatic carbocycles. The number of aryl methyl sites for hydroxylation is 2. The molecule has 1 amide bonds. The van der Waals surface area contributed by atoms with Crippen LogP contribution < -0.4 is 15.4 Å². The summed E-state index contributed by atoms with van der Waals surface area (Å²) in [6.45, 7) is 4.31. The predicted molar refractivity (Wildman–Crippen MR) is 146 cm³/mol. The third-order valence-electron chi connectivity index (χ3n) is 5.85. The molecule has 0 bridgehead atoms. The average Bonchev–Trinajstić information content (AvgIpc) is 2.95. The molecule has 4 aromatic heterocycles. The molecule has 8 nitrogen and oxygen atoms in total. The van der Waals surface area contributed by atoms with Gasteiger partial charge in [0.05, 0.1) is 17.9 Å². The van der Waals surface area contributed by atoms with E-state index in [2.05, 4.69) is 25.6 Å². The summed E-state index contributed by atoms with van der Waals surface area (Å²) in [7, 11) is 0. The second-order valence-electron chi connectivity index (χ2n) is 8.64. The Balaban J connectivity index is 1.32. The summed E-state index contributed by atoms with van der Waals surface area (Å²) in [5.41, 5.74) is 5.38. The predicted octanol–water partition coefficient (Wildman–Crippen LogP) is 6.02. The number of benzene rings is 1. The van der Waals surface area contributed by atoms with Gasteiger partial charge in [0.25, 0.3) is 5.91 Å². The van der Waals surface area contributed by atoms with Gasteiger partial charge < -0.3 is 15.4 Å². The number of aromatic nitrogens is 4. The molecule has 0 atom stereocenters. The van der Waals surface area contributed by atoms with Gasteiger partial charge >= 0.3 is 0 Å². The van der Waals surface area contributed by atoms with E-state index < -0.39 is 0 Å². The van der Waals surface area contributed by atoms with E-state index in [0.29, 0.717) is 35.1 Å². The highest BCUT2D eigenvalue weighted by atomic mass is 16.5. The van der Waals surface area contributed by atoms with E-state index in [-0.39, 0.29) is 5.91 Å². The smallest absolute Gasteiger partial charge is 0.251 e. The van der Waals surface area contributed by atoms with Crippen LogP contribution in [0.25, 0.3) is 11.4 Å². The summed E-state index contributed by atoms with van der Waals surface area (Å²) in [4.78, 5) is 30.5. The molecule has 0 radical (unpaired) electrons. The SMILES string of the molecule is Cc1cc(Oc2ccnc(Nc3cccc(C(=O)NCc4ccccn4)c3)c2)c(-c2ccccn2)nc1C. The van der Waals surface area contributed by atoms with Crippen molar-refractivity contribution in [2.45, 2.75) is 20.4 Å². The van der Waals surface area contributed by atoms with Crippen molar-refractivity contribution in [3.8, 4) is 22.9 Å². The maximum Gasteiger partial charge on any atom is 0.251 e. The number of carbonyl (C=O) groups excluding carboxylic acids is 1. The van der Waals surface area contributed by atoms with Gasteiger partial charge in [0.1, 0.15) is 17.3 Å². The fourth-order valence-corrected chi connectivity index (χ4v) is 3.78. The van der Waals surface area contributed by atoms with Gasteiger partial charge in [-0.3, -0.25) is 14.8 Å². The fourth-order valence-electron chi connectivity index (χ4n) is 3.78. The zero-order valence-corrected chi connectivity index (χ0v) is 21.1. The zero-order valence-electron chi connectivity index (χ0n) is 21.1. The lowest BCUT2D eigenvalue weighted by atomic mass is 10.1. The molecule has 188 valence electrons. The van der Waals surface area contributed by atoms with E-state index in [1.54, 1.807) is 42.9 Å². The van der Waals surface area contributed by atoms with Crippen LogP contribution in [0, 0.1) is 13.8 Å². The van der Waals surface area contributed by atoms with Crippen molar-refractivity contribution in [2.24, 2.45) is 0 Å². The molecule has 8 heteroatoms. The van der Waals surface area contributed by atoms with E-state index >= 15 is 0 Å². The van der Waals surface area contributed by atoms with E-state index in [1.807, 2.05) is 68.4 Å². The Hall–Kier alpha value is -5.11. The first-order chi connectivity index (χ1) is 18.5. The second-order valence-corrected chi connectivity index (χ2v) is 8.64. The first kappa shape index (κ1) is 24.6. The number of amides is 1. The minimum Gasteiger partial charge on any atom is -0.455 e. The van der Waals surface area contributed by atoms with E-state index in [4.69, 9.17) is 9.72 Å². The van der Waals surface area contributed by atoms with Crippen molar-refractivity contribution in [1.82, 2.24) is 25.3 Å². The van der Waals surface area contributed by atoms with Crippen molar-refractivity contribution in [3.63, 3.8) is 0 Å². The van der Waals surface area contributed by atoms with Crippen molar-refractivity contribution >= 4 is 17.4 Å². The summed E-state index contributed by atoms with van der Waals surface area (Å²) in [6.07, 6.45) is 5.10. The van der Waals surface area contributed by atoms with Crippen molar-refractivity contribution in [1.29, 1.82) is 0 Å². The lowest BCUT2D eigenvalue weighted by Crippen LogP contribution is -2.23. The van der Waals surface area contributed by atoms with Crippen molar-refractivity contribution < 1.29 is 9.53 Å². The Morgan fingerprint density at radius 1 is 0.842 bits per heavy atom. The molecule has 0 aliphatic rings. The Morgan fingerprint density at radius 3 is 2.47 bits per heavy atom. The molecule has 38 heavy (non-hydrogen) atoms. The first-order valence-corrected chi connectivity index (χ1v) is 12.1. The van der Waals surface area contributed by atoms with Gasteiger partial charge in [-0.2, -0.15) is 0 Å². The Kier molecular flexibility index (Phi) is 7.31. The molecule has 4 heterocycles. The third-order valence-corrected chi connectivity index (χ3v) is 5.85. The van der Waals surface area contributed by atoms with E-state index in [0.717, 1.165) is 28.3 Å². The Morgan fingerprint density at radius 2 is 1.68 bits per heavy atom. The Labute approximate surface area is 220 Å². The third kappa shape index (κ3) is 5.99. The zero-order chi connectivity index (χ0) is 26.3. The largest absolute Gasteiger partial charge is 0.455 e. The van der Waals surface area contributed by atoms with Gasteiger partial charge in [0.2, 0.25) is 0 Å². The topological polar surface area (TPSA) is 102 Å². The lowest BCUT2D eigenvalue weighted by molar-refractivity contribution is 0.0950. The molecule has 0 spiro atoms. The molecule has 0 unspecified atom stereocenters. The average molecular weight is 503 g/mol. The molecule has 5 rings (SSSR count). The number of hydrogen-bond donors (Lipinski definition) is 2. The highest BCUT2D eigenvalue weighted by molar-refractivity contribution is 5.95. The summed E-state index contributed by atoms with van der Waals surface area (Å²) in [6, 6.07) is 24.1. The Bertz CT molecular complexity index is 1560. The lowest BCUT2D eigenvalue weighted by Gasteiger charge is -2.14. The van der Waals surface area contributed by atoms with Crippen LogP contribution in [0.5, 0.6) is 11.5 Å². The normalized spacial score (nSPS) is 10.6. The number of pyridine rings is 4. The molecule has 0 saturated heterocycles. The van der Waals surface area contributed by atoms with Gasteiger partial charge in [-0.25, -0.2) is 9.97 Å². The van der Waals surface area contributed by atoms with Gasteiger partial charge in [0, 0.05) is 41.6 Å². The standard InChI is InChI=1S/C30H26N6O2/c1-20-16-27(29(35-21(20)2)26-11-4-6-14-32-26)38-25-12-15-33-28(18-25)36-23-10-7-8-22(17-23)30(37)34-19-24-9-3-5-13-31-24/h3-18H,19H2,1-2H3,(H,33,36)(H,34,37). The highest BCUT2D eigenvalue weighted by Crippen LogP contribution is 2.33.